The van der Waals surface area contributed by atoms with Crippen LogP contribution < -0.4 is 10.6 Å². The van der Waals surface area contributed by atoms with Gasteiger partial charge in [0.25, 0.3) is 5.91 Å². The van der Waals surface area contributed by atoms with Crippen molar-refractivity contribution in [3.8, 4) is 0 Å². The molecule has 0 radical (unpaired) electrons. The maximum atomic E-state index is 12.8. The SMILES string of the molecule is CCN1CCN(c2ccc(C(=O)N3CC[C@H](N)C[C@H]3C)cc2)CC1. The second kappa shape index (κ2) is 7.53. The predicted octanol–water partition coefficient (Wildman–Crippen LogP) is 1.78. The minimum absolute atomic E-state index is 0.136. The zero-order valence-corrected chi connectivity index (χ0v) is 14.9. The summed E-state index contributed by atoms with van der Waals surface area (Å²) < 4.78 is 0. The number of piperazine rings is 1. The highest BCUT2D eigenvalue weighted by Crippen LogP contribution is 2.21. The van der Waals surface area contributed by atoms with E-state index in [9.17, 15) is 4.79 Å². The normalized spacial score (nSPS) is 25.8. The number of hydrogen-bond donors (Lipinski definition) is 1. The lowest BCUT2D eigenvalue weighted by Gasteiger charge is -2.37. The zero-order chi connectivity index (χ0) is 17.1. The Morgan fingerprint density at radius 3 is 2.38 bits per heavy atom. The molecule has 132 valence electrons. The highest BCUT2D eigenvalue weighted by molar-refractivity contribution is 5.94. The fourth-order valence-corrected chi connectivity index (χ4v) is 3.81. The lowest BCUT2D eigenvalue weighted by atomic mass is 9.98. The van der Waals surface area contributed by atoms with Crippen molar-refractivity contribution in [2.24, 2.45) is 5.73 Å². The number of carbonyl (C=O) groups is 1. The van der Waals surface area contributed by atoms with Gasteiger partial charge in [0, 0.05) is 56.1 Å². The van der Waals surface area contributed by atoms with E-state index < -0.39 is 0 Å². The van der Waals surface area contributed by atoms with Crippen molar-refractivity contribution in [2.45, 2.75) is 38.8 Å². The van der Waals surface area contributed by atoms with E-state index in [-0.39, 0.29) is 18.0 Å². The fourth-order valence-electron chi connectivity index (χ4n) is 3.81. The van der Waals surface area contributed by atoms with E-state index in [0.29, 0.717) is 0 Å². The molecule has 2 heterocycles. The lowest BCUT2D eigenvalue weighted by Crippen LogP contribution is -2.48. The number of piperidine rings is 1. The van der Waals surface area contributed by atoms with E-state index in [1.807, 2.05) is 17.0 Å². The molecule has 2 saturated heterocycles. The van der Waals surface area contributed by atoms with Crippen LogP contribution in [0, 0.1) is 0 Å². The number of rotatable bonds is 3. The Balaban J connectivity index is 1.63. The van der Waals surface area contributed by atoms with Crippen LogP contribution in [0.25, 0.3) is 0 Å². The molecule has 2 aliphatic heterocycles. The molecular weight excluding hydrogens is 300 g/mol. The smallest absolute Gasteiger partial charge is 0.254 e. The van der Waals surface area contributed by atoms with E-state index in [0.717, 1.165) is 57.7 Å². The van der Waals surface area contributed by atoms with Gasteiger partial charge >= 0.3 is 0 Å². The van der Waals surface area contributed by atoms with Crippen LogP contribution in [0.1, 0.15) is 37.0 Å². The first kappa shape index (κ1) is 17.2. The highest BCUT2D eigenvalue weighted by atomic mass is 16.2. The number of benzene rings is 1. The average Bonchev–Trinajstić information content (AvgIpc) is 2.61. The molecule has 3 rings (SSSR count). The third-order valence-electron chi connectivity index (χ3n) is 5.48. The van der Waals surface area contributed by atoms with Gasteiger partial charge in [-0.1, -0.05) is 6.92 Å². The van der Waals surface area contributed by atoms with Crippen LogP contribution in [-0.4, -0.2) is 67.1 Å². The molecule has 24 heavy (non-hydrogen) atoms. The van der Waals surface area contributed by atoms with Gasteiger partial charge in [0.1, 0.15) is 0 Å². The van der Waals surface area contributed by atoms with Gasteiger partial charge in [-0.25, -0.2) is 0 Å². The van der Waals surface area contributed by atoms with Crippen LogP contribution in [0.4, 0.5) is 5.69 Å². The first-order valence-electron chi connectivity index (χ1n) is 9.22. The number of amides is 1. The van der Waals surface area contributed by atoms with E-state index in [1.165, 1.54) is 5.69 Å². The Hall–Kier alpha value is -1.59. The number of nitrogens with zero attached hydrogens (tertiary/aromatic N) is 3. The number of anilines is 1. The highest BCUT2D eigenvalue weighted by Gasteiger charge is 2.27. The molecular formula is C19H30N4O. The van der Waals surface area contributed by atoms with E-state index in [2.05, 4.69) is 35.8 Å². The van der Waals surface area contributed by atoms with Gasteiger partial charge in [-0.2, -0.15) is 0 Å². The third-order valence-corrected chi connectivity index (χ3v) is 5.48. The summed E-state index contributed by atoms with van der Waals surface area (Å²) in [4.78, 5) is 19.6. The number of likely N-dealkylation sites (tertiary alicyclic amines) is 1. The minimum Gasteiger partial charge on any atom is -0.369 e. The molecule has 0 aromatic heterocycles. The summed E-state index contributed by atoms with van der Waals surface area (Å²) >= 11 is 0. The molecule has 1 aromatic rings. The molecule has 0 spiro atoms. The first-order chi connectivity index (χ1) is 11.6. The van der Waals surface area contributed by atoms with E-state index >= 15 is 0 Å². The van der Waals surface area contributed by atoms with Crippen molar-refractivity contribution in [2.75, 3.05) is 44.2 Å². The number of likely N-dealkylation sites (N-methyl/N-ethyl adjacent to an activating group) is 1. The van der Waals surface area contributed by atoms with Gasteiger partial charge in [-0.15, -0.1) is 0 Å². The second-order valence-corrected chi connectivity index (χ2v) is 7.10. The third kappa shape index (κ3) is 3.73. The topological polar surface area (TPSA) is 52.8 Å². The van der Waals surface area contributed by atoms with Crippen LogP contribution in [0.15, 0.2) is 24.3 Å². The number of hydrogen-bond acceptors (Lipinski definition) is 4. The zero-order valence-electron chi connectivity index (χ0n) is 14.9. The van der Waals surface area contributed by atoms with Gasteiger partial charge in [0.05, 0.1) is 0 Å². The van der Waals surface area contributed by atoms with Crippen LogP contribution in [0.3, 0.4) is 0 Å². The van der Waals surface area contributed by atoms with Crippen molar-refractivity contribution in [3.05, 3.63) is 29.8 Å². The second-order valence-electron chi connectivity index (χ2n) is 7.10. The van der Waals surface area contributed by atoms with E-state index in [4.69, 9.17) is 5.73 Å². The van der Waals surface area contributed by atoms with Crippen molar-refractivity contribution in [1.82, 2.24) is 9.80 Å². The van der Waals surface area contributed by atoms with Crippen LogP contribution in [0.2, 0.25) is 0 Å². The summed E-state index contributed by atoms with van der Waals surface area (Å²) in [5.41, 5.74) is 8.01. The Bertz CT molecular complexity index is 551. The molecule has 0 bridgehead atoms. The summed E-state index contributed by atoms with van der Waals surface area (Å²) in [7, 11) is 0. The average molecular weight is 330 g/mol. The van der Waals surface area contributed by atoms with E-state index in [1.54, 1.807) is 0 Å². The molecule has 5 nitrogen and oxygen atoms in total. The number of nitrogens with two attached hydrogens (primary N) is 1. The molecule has 0 saturated carbocycles. The molecule has 2 aliphatic rings. The standard InChI is InChI=1S/C19H30N4O/c1-3-21-10-12-22(13-11-21)18-6-4-16(5-7-18)19(24)23-9-8-17(20)14-15(23)2/h4-7,15,17H,3,8-14,20H2,1-2H3/t15-,17+/m1/s1. The predicted molar refractivity (Wildman–Crippen MR) is 98.5 cm³/mol. The molecule has 0 aliphatic carbocycles. The maximum Gasteiger partial charge on any atom is 0.254 e. The van der Waals surface area contributed by atoms with Gasteiger partial charge in [0.15, 0.2) is 0 Å². The van der Waals surface area contributed by atoms with Gasteiger partial charge in [-0.05, 0) is 50.6 Å². The molecule has 2 atom stereocenters. The monoisotopic (exact) mass is 330 g/mol. The summed E-state index contributed by atoms with van der Waals surface area (Å²) in [6.45, 7) is 10.5. The minimum atomic E-state index is 0.136. The van der Waals surface area contributed by atoms with Crippen LogP contribution in [0.5, 0.6) is 0 Å². The Morgan fingerprint density at radius 2 is 1.79 bits per heavy atom. The summed E-state index contributed by atoms with van der Waals surface area (Å²) in [6, 6.07) is 8.59. The Labute approximate surface area is 145 Å². The largest absolute Gasteiger partial charge is 0.369 e. The fraction of sp³-hybridized carbons (Fsp3) is 0.632. The van der Waals surface area contributed by atoms with Crippen molar-refractivity contribution in [3.63, 3.8) is 0 Å². The summed E-state index contributed by atoms with van der Waals surface area (Å²) in [5.74, 6) is 0.136. The molecule has 0 unspecified atom stereocenters. The van der Waals surface area contributed by atoms with Gasteiger partial charge < -0.3 is 20.4 Å². The van der Waals surface area contributed by atoms with Crippen LogP contribution in [-0.2, 0) is 0 Å². The van der Waals surface area contributed by atoms with Gasteiger partial charge in [-0.3, -0.25) is 4.79 Å². The summed E-state index contributed by atoms with van der Waals surface area (Å²) in [5, 5.41) is 0. The van der Waals surface area contributed by atoms with Gasteiger partial charge in [0.2, 0.25) is 0 Å². The summed E-state index contributed by atoms with van der Waals surface area (Å²) in [6.07, 6.45) is 1.79. The maximum absolute atomic E-state index is 12.8. The quantitative estimate of drug-likeness (QED) is 0.918. The Morgan fingerprint density at radius 1 is 1.12 bits per heavy atom. The van der Waals surface area contributed by atoms with Crippen molar-refractivity contribution in [1.29, 1.82) is 0 Å². The molecule has 1 aromatic carbocycles. The lowest BCUT2D eigenvalue weighted by molar-refractivity contribution is 0.0619. The Kier molecular flexibility index (Phi) is 5.41. The molecule has 1 amide bonds. The first-order valence-corrected chi connectivity index (χ1v) is 9.22. The van der Waals surface area contributed by atoms with Crippen molar-refractivity contribution >= 4 is 11.6 Å². The van der Waals surface area contributed by atoms with Crippen LogP contribution >= 0.6 is 0 Å². The molecule has 5 heteroatoms. The molecule has 2 N–H and O–H groups in total. The van der Waals surface area contributed by atoms with Crippen molar-refractivity contribution < 1.29 is 4.79 Å². The molecule has 2 fully saturated rings. The number of carbonyl (C=O) groups excluding carboxylic acids is 1.